The fraction of sp³-hybridized carbons (Fsp3) is 0. The molecular weight excluding hydrogens is 522 g/mol. The van der Waals surface area contributed by atoms with Crippen molar-refractivity contribution in [2.24, 2.45) is 0 Å². The fourth-order valence-electron chi connectivity index (χ4n) is 0. The number of hydrogen-bond acceptors (Lipinski definition) is 8. The molecule has 8 N–H and O–H groups in total. The summed E-state index contributed by atoms with van der Waals surface area (Å²) in [6.07, 6.45) is 0. The zero-order chi connectivity index (χ0) is 18.0. The van der Waals surface area contributed by atoms with E-state index in [-0.39, 0.29) is 48.9 Å². The predicted molar refractivity (Wildman–Crippen MR) is 65.3 cm³/mol. The average Bonchev–Trinajstić information content (AvgIpc) is 1.62. The Morgan fingerprint density at radius 2 is 0.333 bits per heavy atom. The van der Waals surface area contributed by atoms with E-state index in [9.17, 15) is 0 Å². The van der Waals surface area contributed by atoms with Gasteiger partial charge in [-0.3, -0.25) is 36.4 Å². The van der Waals surface area contributed by atoms with E-state index in [2.05, 4.69) is 0 Å². The third-order valence-electron chi connectivity index (χ3n) is 0. The van der Waals surface area contributed by atoms with Crippen LogP contribution in [0, 0.1) is 0 Å². The predicted octanol–water partition coefficient (Wildman–Crippen LogP) is -3.53. The molecule has 0 saturated carbocycles. The van der Waals surface area contributed by atoms with Crippen LogP contribution in [0.4, 0.5) is 0 Å². The van der Waals surface area contributed by atoms with Gasteiger partial charge in [0.05, 0.1) is 0 Å². The molecular formula is H10BaO16S4. The van der Waals surface area contributed by atoms with Crippen molar-refractivity contribution in [3.05, 3.63) is 0 Å². The molecule has 0 rings (SSSR count). The Kier molecular flexibility index (Phi) is 21.6. The van der Waals surface area contributed by atoms with Crippen molar-refractivity contribution in [2.75, 3.05) is 0 Å². The molecule has 0 aliphatic heterocycles. The Hall–Kier alpha value is 1.05. The van der Waals surface area contributed by atoms with Gasteiger partial charge in [0.25, 0.3) is 0 Å². The van der Waals surface area contributed by atoms with Crippen molar-refractivity contribution in [3.63, 3.8) is 0 Å². The van der Waals surface area contributed by atoms with Crippen LogP contribution in [0.1, 0.15) is 0 Å². The summed E-state index contributed by atoms with van der Waals surface area (Å²) >= 11 is 0. The van der Waals surface area contributed by atoms with Gasteiger partial charge in [-0.15, -0.1) is 0 Å². The van der Waals surface area contributed by atoms with Gasteiger partial charge in [0, 0.05) is 0 Å². The summed E-state index contributed by atoms with van der Waals surface area (Å²) in [5.41, 5.74) is 0. The van der Waals surface area contributed by atoms with Crippen LogP contribution in [0.3, 0.4) is 0 Å². The summed E-state index contributed by atoms with van der Waals surface area (Å²) in [7, 11) is -18.7. The second-order valence-electron chi connectivity index (χ2n) is 1.79. The van der Waals surface area contributed by atoms with Gasteiger partial charge in [-0.2, -0.15) is 33.7 Å². The SMILES string of the molecule is O=S(=O)(O)O.O=S(=O)(O)O.O=S(=O)(O)O.O=S(=O)(O)O.[BaH2]. The van der Waals surface area contributed by atoms with Crippen molar-refractivity contribution in [1.82, 2.24) is 0 Å². The van der Waals surface area contributed by atoms with E-state index < -0.39 is 41.6 Å². The summed E-state index contributed by atoms with van der Waals surface area (Å²) in [5.74, 6) is 0. The number of rotatable bonds is 0. The first-order valence-electron chi connectivity index (χ1n) is 2.79. The molecule has 0 fully saturated rings. The van der Waals surface area contributed by atoms with Crippen LogP contribution in [0.25, 0.3) is 0 Å². The maximum absolute atomic E-state index is 8.74. The summed E-state index contributed by atoms with van der Waals surface area (Å²) < 4.78 is 126. The third kappa shape index (κ3) is 6910. The van der Waals surface area contributed by atoms with Gasteiger partial charge in [-0.1, -0.05) is 0 Å². The standard InChI is InChI=1S/Ba.4H2O4S.2H/c;4*1-5(2,3)4;;/h;4*(H2,1,2,3,4);;. The van der Waals surface area contributed by atoms with E-state index in [4.69, 9.17) is 70.1 Å². The topological polar surface area (TPSA) is 298 Å². The molecule has 0 amide bonds. The van der Waals surface area contributed by atoms with Crippen LogP contribution in [0.2, 0.25) is 0 Å². The average molecular weight is 532 g/mol. The Balaban J connectivity index is -0.0000000533. The van der Waals surface area contributed by atoms with Gasteiger partial charge in [0.2, 0.25) is 0 Å². The summed E-state index contributed by atoms with van der Waals surface area (Å²) in [4.78, 5) is 0. The second-order valence-corrected chi connectivity index (χ2v) is 5.37. The summed E-state index contributed by atoms with van der Waals surface area (Å²) in [6.45, 7) is 0. The van der Waals surface area contributed by atoms with Crippen LogP contribution in [-0.4, -0.2) is 119 Å². The van der Waals surface area contributed by atoms with Crippen LogP contribution in [-0.2, 0) is 41.6 Å². The molecule has 0 aliphatic rings. The van der Waals surface area contributed by atoms with Crippen LogP contribution >= 0.6 is 0 Å². The zero-order valence-electron chi connectivity index (χ0n) is 8.48. The molecule has 0 bridgehead atoms. The molecule has 16 nitrogen and oxygen atoms in total. The zero-order valence-corrected chi connectivity index (χ0v) is 11.7. The van der Waals surface area contributed by atoms with Crippen molar-refractivity contribution in [1.29, 1.82) is 0 Å². The molecule has 0 aromatic carbocycles. The summed E-state index contributed by atoms with van der Waals surface area (Å²) in [6, 6.07) is 0. The molecule has 0 aromatic heterocycles. The van der Waals surface area contributed by atoms with Gasteiger partial charge < -0.3 is 0 Å². The van der Waals surface area contributed by atoms with Gasteiger partial charge in [-0.05, 0) is 0 Å². The minimum absolute atomic E-state index is 0. The van der Waals surface area contributed by atoms with Gasteiger partial charge >= 0.3 is 90.5 Å². The van der Waals surface area contributed by atoms with Crippen LogP contribution in [0.5, 0.6) is 0 Å². The molecule has 0 radical (unpaired) electrons. The molecule has 0 spiro atoms. The Morgan fingerprint density at radius 3 is 0.333 bits per heavy atom. The molecule has 0 unspecified atom stereocenters. The fourth-order valence-corrected chi connectivity index (χ4v) is 0. The molecule has 0 aromatic rings. The Morgan fingerprint density at radius 1 is 0.333 bits per heavy atom. The van der Waals surface area contributed by atoms with Crippen molar-refractivity contribution < 1.29 is 70.1 Å². The molecule has 0 heterocycles. The summed E-state index contributed by atoms with van der Waals surface area (Å²) in [5, 5.41) is 0. The van der Waals surface area contributed by atoms with Crippen molar-refractivity contribution in [2.45, 2.75) is 0 Å². The van der Waals surface area contributed by atoms with Crippen LogP contribution in [0.15, 0.2) is 0 Å². The van der Waals surface area contributed by atoms with Crippen molar-refractivity contribution >= 4 is 90.5 Å². The van der Waals surface area contributed by atoms with Gasteiger partial charge in [0.1, 0.15) is 0 Å². The molecule has 132 valence electrons. The monoisotopic (exact) mass is 532 g/mol. The number of hydrogen-bond donors (Lipinski definition) is 8. The third-order valence-corrected chi connectivity index (χ3v) is 0. The maximum atomic E-state index is 8.74. The quantitative estimate of drug-likeness (QED) is 0.111. The normalized spacial score (nSPS) is 11.0. The Bertz CT molecular complexity index is 473. The molecule has 0 saturated heterocycles. The Labute approximate surface area is 158 Å². The van der Waals surface area contributed by atoms with E-state index in [1.165, 1.54) is 0 Å². The van der Waals surface area contributed by atoms with E-state index in [0.717, 1.165) is 0 Å². The van der Waals surface area contributed by atoms with E-state index >= 15 is 0 Å². The van der Waals surface area contributed by atoms with Crippen LogP contribution < -0.4 is 0 Å². The first-order valence-corrected chi connectivity index (χ1v) is 8.38. The van der Waals surface area contributed by atoms with E-state index in [1.54, 1.807) is 0 Å². The molecule has 21 heavy (non-hydrogen) atoms. The van der Waals surface area contributed by atoms with Gasteiger partial charge in [-0.25, -0.2) is 0 Å². The minimum atomic E-state index is -4.67. The molecule has 0 atom stereocenters. The first kappa shape index (κ1) is 33.6. The van der Waals surface area contributed by atoms with Crippen molar-refractivity contribution in [3.8, 4) is 0 Å². The van der Waals surface area contributed by atoms with E-state index in [1.807, 2.05) is 0 Å². The van der Waals surface area contributed by atoms with E-state index in [0.29, 0.717) is 0 Å². The molecule has 0 aliphatic carbocycles. The molecule has 21 heteroatoms. The first-order chi connectivity index (χ1) is 8.00. The van der Waals surface area contributed by atoms with Gasteiger partial charge in [0.15, 0.2) is 0 Å². The second kappa shape index (κ2) is 13.5.